The molecule has 0 atom stereocenters. The van der Waals surface area contributed by atoms with Crippen molar-refractivity contribution in [3.63, 3.8) is 0 Å². The molecule has 0 amide bonds. The highest BCUT2D eigenvalue weighted by Gasteiger charge is 1.93. The van der Waals surface area contributed by atoms with E-state index in [1.165, 1.54) is 21.7 Å². The highest BCUT2D eigenvalue weighted by Crippen LogP contribution is 2.17. The van der Waals surface area contributed by atoms with E-state index >= 15 is 0 Å². The molecule has 0 aromatic heterocycles. The summed E-state index contributed by atoms with van der Waals surface area (Å²) in [4.78, 5) is 0. The lowest BCUT2D eigenvalue weighted by Crippen LogP contribution is -2.01. The summed E-state index contributed by atoms with van der Waals surface area (Å²) < 4.78 is 0. The summed E-state index contributed by atoms with van der Waals surface area (Å²) in [6.45, 7) is 0. The molecule has 0 bridgehead atoms. The normalized spacial score (nSPS) is 9.76. The first-order valence-electron chi connectivity index (χ1n) is 8.39. The van der Waals surface area contributed by atoms with Crippen molar-refractivity contribution in [3.05, 3.63) is 121 Å². The molecule has 0 spiro atoms. The lowest BCUT2D eigenvalue weighted by molar-refractivity contribution is 1.62. The van der Waals surface area contributed by atoms with E-state index in [9.17, 15) is 0 Å². The van der Waals surface area contributed by atoms with Crippen LogP contribution in [0.15, 0.2) is 121 Å². The molecule has 1 heteroatoms. The van der Waals surface area contributed by atoms with E-state index in [-0.39, 0.29) is 0 Å². The van der Waals surface area contributed by atoms with Gasteiger partial charge in [-0.2, -0.15) is 0 Å². The minimum Gasteiger partial charge on any atom is -0.0622 e. The third-order valence-electron chi connectivity index (χ3n) is 3.72. The highest BCUT2D eigenvalue weighted by molar-refractivity contribution is 7.55. The Morgan fingerprint density at radius 2 is 0.600 bits per heavy atom. The van der Waals surface area contributed by atoms with Crippen LogP contribution in [-0.4, -0.2) is 0 Å². The SMILES string of the molecule is c1ccc(-c2ccccc2)cc1.c1ccc(Pc2ccccc2)cc1. The van der Waals surface area contributed by atoms with Crippen LogP contribution in [0.1, 0.15) is 0 Å². The first-order chi connectivity index (χ1) is 12.4. The lowest BCUT2D eigenvalue weighted by Gasteiger charge is -2.00. The van der Waals surface area contributed by atoms with Crippen molar-refractivity contribution in [3.8, 4) is 11.1 Å². The Kier molecular flexibility index (Phi) is 6.56. The van der Waals surface area contributed by atoms with E-state index < -0.39 is 0 Å². The van der Waals surface area contributed by atoms with E-state index in [2.05, 4.69) is 109 Å². The predicted molar refractivity (Wildman–Crippen MR) is 112 cm³/mol. The number of benzene rings is 4. The second-order valence-corrected chi connectivity index (χ2v) is 6.99. The predicted octanol–water partition coefficient (Wildman–Crippen LogP) is 5.67. The Morgan fingerprint density at radius 1 is 0.320 bits per heavy atom. The molecule has 25 heavy (non-hydrogen) atoms. The van der Waals surface area contributed by atoms with Gasteiger partial charge in [0.25, 0.3) is 0 Å². The van der Waals surface area contributed by atoms with Crippen LogP contribution in [0.4, 0.5) is 0 Å². The van der Waals surface area contributed by atoms with Gasteiger partial charge in [-0.15, -0.1) is 0 Å². The van der Waals surface area contributed by atoms with Crippen LogP contribution in [0.3, 0.4) is 0 Å². The van der Waals surface area contributed by atoms with Gasteiger partial charge in [-0.1, -0.05) is 130 Å². The van der Waals surface area contributed by atoms with Gasteiger partial charge in [-0.05, 0) is 21.7 Å². The third-order valence-corrected chi connectivity index (χ3v) is 4.96. The Bertz CT molecular complexity index is 766. The molecule has 4 aromatic carbocycles. The summed E-state index contributed by atoms with van der Waals surface area (Å²) in [7, 11) is 0.777. The van der Waals surface area contributed by atoms with Crippen LogP contribution in [0, 0.1) is 0 Å². The van der Waals surface area contributed by atoms with Crippen molar-refractivity contribution >= 4 is 19.2 Å². The molecule has 0 fully saturated rings. The van der Waals surface area contributed by atoms with Crippen molar-refractivity contribution in [1.29, 1.82) is 0 Å². The third kappa shape index (κ3) is 5.71. The molecular weight excluding hydrogens is 319 g/mol. The molecule has 0 N–H and O–H groups in total. The topological polar surface area (TPSA) is 0 Å². The Morgan fingerprint density at radius 3 is 0.920 bits per heavy atom. The molecule has 0 aliphatic carbocycles. The van der Waals surface area contributed by atoms with Crippen LogP contribution >= 0.6 is 8.58 Å². The minimum atomic E-state index is 0.777. The maximum Gasteiger partial charge on any atom is -0.0184 e. The number of hydrogen-bond acceptors (Lipinski definition) is 0. The van der Waals surface area contributed by atoms with Gasteiger partial charge in [0.05, 0.1) is 0 Å². The van der Waals surface area contributed by atoms with Crippen molar-refractivity contribution < 1.29 is 0 Å². The zero-order valence-corrected chi connectivity index (χ0v) is 15.0. The zero-order valence-electron chi connectivity index (χ0n) is 14.0. The van der Waals surface area contributed by atoms with E-state index in [1.54, 1.807) is 0 Å². The molecule has 0 aliphatic heterocycles. The molecule has 0 aliphatic rings. The molecule has 0 unspecified atom stereocenters. The molecule has 4 rings (SSSR count). The monoisotopic (exact) mass is 340 g/mol. The molecule has 0 saturated carbocycles. The average molecular weight is 340 g/mol. The molecule has 0 saturated heterocycles. The van der Waals surface area contributed by atoms with Gasteiger partial charge >= 0.3 is 0 Å². The lowest BCUT2D eigenvalue weighted by atomic mass is 10.1. The standard InChI is InChI=1S/C12H11P.C12H10/c1-3-7-11(8-4-1)13-12-9-5-2-6-10-12;1-3-7-11(8-4-1)12-9-5-2-6-10-12/h1-10,13H;1-10H. The van der Waals surface area contributed by atoms with Crippen molar-refractivity contribution in [1.82, 2.24) is 0 Å². The second-order valence-electron chi connectivity index (χ2n) is 5.59. The zero-order chi connectivity index (χ0) is 17.2. The maximum absolute atomic E-state index is 2.17. The molecule has 0 heterocycles. The fourth-order valence-corrected chi connectivity index (χ4v) is 3.52. The highest BCUT2D eigenvalue weighted by atomic mass is 31.1. The average Bonchev–Trinajstić information content (AvgIpc) is 2.71. The van der Waals surface area contributed by atoms with Crippen LogP contribution in [0.5, 0.6) is 0 Å². The maximum atomic E-state index is 2.17. The summed E-state index contributed by atoms with van der Waals surface area (Å²) in [6, 6.07) is 41.9. The Balaban J connectivity index is 0.000000146. The van der Waals surface area contributed by atoms with Gasteiger partial charge in [0, 0.05) is 0 Å². The van der Waals surface area contributed by atoms with Crippen molar-refractivity contribution in [2.24, 2.45) is 0 Å². The summed E-state index contributed by atoms with van der Waals surface area (Å²) >= 11 is 0. The van der Waals surface area contributed by atoms with E-state index in [0.29, 0.717) is 0 Å². The summed E-state index contributed by atoms with van der Waals surface area (Å²) in [5.74, 6) is 0. The molecule has 4 aromatic rings. The van der Waals surface area contributed by atoms with E-state index in [0.717, 1.165) is 8.58 Å². The Labute approximate surface area is 152 Å². The van der Waals surface area contributed by atoms with Crippen LogP contribution < -0.4 is 10.6 Å². The van der Waals surface area contributed by atoms with E-state index in [4.69, 9.17) is 0 Å². The smallest absolute Gasteiger partial charge is 0.0184 e. The van der Waals surface area contributed by atoms with E-state index in [1.807, 2.05) is 12.1 Å². The fourth-order valence-electron chi connectivity index (χ4n) is 2.47. The molecule has 0 radical (unpaired) electrons. The summed E-state index contributed by atoms with van der Waals surface area (Å²) in [5, 5.41) is 2.79. The molecule has 0 nitrogen and oxygen atoms in total. The largest absolute Gasteiger partial charge is 0.0622 e. The molecular formula is C24H21P. The van der Waals surface area contributed by atoms with Gasteiger partial charge in [-0.3, -0.25) is 0 Å². The van der Waals surface area contributed by atoms with Gasteiger partial charge in [-0.25, -0.2) is 0 Å². The second kappa shape index (κ2) is 9.57. The van der Waals surface area contributed by atoms with Gasteiger partial charge in [0.15, 0.2) is 0 Å². The first-order valence-corrected chi connectivity index (χ1v) is 9.39. The van der Waals surface area contributed by atoms with Crippen molar-refractivity contribution in [2.45, 2.75) is 0 Å². The van der Waals surface area contributed by atoms with Crippen molar-refractivity contribution in [2.75, 3.05) is 0 Å². The Hall–Kier alpha value is -2.69. The van der Waals surface area contributed by atoms with Gasteiger partial charge in [0.1, 0.15) is 0 Å². The summed E-state index contributed by atoms with van der Waals surface area (Å²) in [6.07, 6.45) is 0. The van der Waals surface area contributed by atoms with Gasteiger partial charge < -0.3 is 0 Å². The molecule has 122 valence electrons. The quantitative estimate of drug-likeness (QED) is 0.422. The number of rotatable bonds is 3. The minimum absolute atomic E-state index is 0.777. The van der Waals surface area contributed by atoms with Gasteiger partial charge in [0.2, 0.25) is 0 Å². The summed E-state index contributed by atoms with van der Waals surface area (Å²) in [5.41, 5.74) is 2.55. The van der Waals surface area contributed by atoms with Crippen LogP contribution in [-0.2, 0) is 0 Å². The first kappa shape index (κ1) is 17.1. The number of hydrogen-bond donors (Lipinski definition) is 0. The van der Waals surface area contributed by atoms with Crippen LogP contribution in [0.25, 0.3) is 11.1 Å². The fraction of sp³-hybridized carbons (Fsp3) is 0. The van der Waals surface area contributed by atoms with Crippen LogP contribution in [0.2, 0.25) is 0 Å².